The van der Waals surface area contributed by atoms with Gasteiger partial charge in [0.05, 0.1) is 19.8 Å². The molecule has 0 aliphatic rings. The number of aliphatic hydroxyl groups excluding tert-OH is 2. The number of hydrogen-bond donors (Lipinski definition) is 2. The normalized spacial score (nSPS) is 12.0. The first kappa shape index (κ1) is 23.0. The Morgan fingerprint density at radius 3 is 2.15 bits per heavy atom. The molecular formula is C27H28O6. The smallest absolute Gasteiger partial charge is 0.316 e. The number of carbonyl (C=O) groups is 2. The van der Waals surface area contributed by atoms with Crippen LogP contribution in [0.15, 0.2) is 54.6 Å². The second-order valence-corrected chi connectivity index (χ2v) is 8.43. The van der Waals surface area contributed by atoms with Crippen LogP contribution in [0.5, 0.6) is 0 Å². The fourth-order valence-electron chi connectivity index (χ4n) is 4.23. The second kappa shape index (κ2) is 9.73. The first-order valence-electron chi connectivity index (χ1n) is 11.2. The molecule has 4 aromatic rings. The Morgan fingerprint density at radius 2 is 1.48 bits per heavy atom. The van der Waals surface area contributed by atoms with Crippen LogP contribution in [0.25, 0.3) is 32.3 Å². The molecule has 0 aromatic heterocycles. The molecule has 172 valence electrons. The number of rotatable bonds is 10. The third-order valence-corrected chi connectivity index (χ3v) is 6.48. The summed E-state index contributed by atoms with van der Waals surface area (Å²) in [7, 11) is 0. The lowest BCUT2D eigenvalue weighted by molar-refractivity contribution is -0.163. The van der Waals surface area contributed by atoms with Crippen LogP contribution in [0.4, 0.5) is 0 Å². The van der Waals surface area contributed by atoms with Crippen LogP contribution in [-0.4, -0.2) is 42.0 Å². The molecule has 4 aromatic carbocycles. The Bertz CT molecular complexity index is 1250. The second-order valence-electron chi connectivity index (χ2n) is 8.43. The Balaban J connectivity index is 1.37. The largest absolute Gasteiger partial charge is 0.465 e. The van der Waals surface area contributed by atoms with Gasteiger partial charge >= 0.3 is 11.9 Å². The molecule has 0 atom stereocenters. The Hall–Kier alpha value is -3.22. The summed E-state index contributed by atoms with van der Waals surface area (Å²) >= 11 is 0. The van der Waals surface area contributed by atoms with Crippen LogP contribution >= 0.6 is 0 Å². The van der Waals surface area contributed by atoms with Crippen molar-refractivity contribution in [2.45, 2.75) is 32.8 Å². The van der Waals surface area contributed by atoms with Crippen molar-refractivity contribution in [2.24, 2.45) is 5.41 Å². The van der Waals surface area contributed by atoms with Crippen LogP contribution in [0.3, 0.4) is 0 Å². The molecule has 0 aliphatic heterocycles. The Labute approximate surface area is 192 Å². The third kappa shape index (κ3) is 4.36. The molecule has 0 spiro atoms. The van der Waals surface area contributed by atoms with Crippen LogP contribution < -0.4 is 0 Å². The zero-order valence-corrected chi connectivity index (χ0v) is 18.7. The van der Waals surface area contributed by atoms with E-state index in [2.05, 4.69) is 48.5 Å². The molecule has 4 rings (SSSR count). The van der Waals surface area contributed by atoms with Gasteiger partial charge in [-0.25, -0.2) is 0 Å². The summed E-state index contributed by atoms with van der Waals surface area (Å²) in [6.07, 6.45) is 0.677. The van der Waals surface area contributed by atoms with Crippen LogP contribution in [0.2, 0.25) is 0 Å². The molecule has 0 bridgehead atoms. The van der Waals surface area contributed by atoms with Gasteiger partial charge in [-0.1, -0.05) is 61.5 Å². The van der Waals surface area contributed by atoms with Gasteiger partial charge in [0.25, 0.3) is 0 Å². The molecule has 0 saturated carbocycles. The number of ether oxygens (including phenoxy) is 2. The van der Waals surface area contributed by atoms with Gasteiger partial charge in [-0.2, -0.15) is 0 Å². The van der Waals surface area contributed by atoms with E-state index in [0.717, 1.165) is 16.3 Å². The minimum absolute atomic E-state index is 0.0222. The maximum absolute atomic E-state index is 12.3. The number of hydrogen-bond acceptors (Lipinski definition) is 6. The zero-order chi connectivity index (χ0) is 23.4. The average Bonchev–Trinajstić information content (AvgIpc) is 2.85. The summed E-state index contributed by atoms with van der Waals surface area (Å²) < 4.78 is 10.6. The third-order valence-electron chi connectivity index (χ3n) is 6.48. The highest BCUT2D eigenvalue weighted by Gasteiger charge is 2.37. The number of carbonyl (C=O) groups excluding carboxylic acids is 2. The topological polar surface area (TPSA) is 93.1 Å². The van der Waals surface area contributed by atoms with Crippen LogP contribution in [-0.2, 0) is 25.7 Å². The number of esters is 2. The van der Waals surface area contributed by atoms with Gasteiger partial charge in [-0.3, -0.25) is 9.59 Å². The van der Waals surface area contributed by atoms with E-state index in [0.29, 0.717) is 6.42 Å². The predicted octanol–water partition coefficient (Wildman–Crippen LogP) is 4.33. The SMILES string of the molecule is CCC(CO)(CO)C(=O)OCCCC(=O)OCc1ccc2ccc3cccc4ccc1c2c34. The quantitative estimate of drug-likeness (QED) is 0.213. The molecule has 0 fully saturated rings. The molecule has 0 radical (unpaired) electrons. The van der Waals surface area contributed by atoms with Gasteiger partial charge in [0.15, 0.2) is 0 Å². The molecule has 0 saturated heterocycles. The van der Waals surface area contributed by atoms with Crippen LogP contribution in [0.1, 0.15) is 31.7 Å². The highest BCUT2D eigenvalue weighted by Crippen LogP contribution is 2.36. The first-order chi connectivity index (χ1) is 16.0. The maximum Gasteiger partial charge on any atom is 0.316 e. The van der Waals surface area contributed by atoms with Gasteiger partial charge in [0, 0.05) is 6.42 Å². The first-order valence-corrected chi connectivity index (χ1v) is 11.2. The summed E-state index contributed by atoms with van der Waals surface area (Å²) in [6.45, 7) is 0.916. The van der Waals surface area contributed by atoms with Crippen molar-refractivity contribution in [2.75, 3.05) is 19.8 Å². The highest BCUT2D eigenvalue weighted by atomic mass is 16.5. The van der Waals surface area contributed by atoms with E-state index in [1.54, 1.807) is 6.92 Å². The van der Waals surface area contributed by atoms with Crippen molar-refractivity contribution in [3.8, 4) is 0 Å². The fraction of sp³-hybridized carbons (Fsp3) is 0.333. The maximum atomic E-state index is 12.3. The van der Waals surface area contributed by atoms with Crippen molar-refractivity contribution in [3.63, 3.8) is 0 Å². The Kier molecular flexibility index (Phi) is 6.77. The van der Waals surface area contributed by atoms with E-state index in [-0.39, 0.29) is 32.0 Å². The van der Waals surface area contributed by atoms with Crippen molar-refractivity contribution in [1.29, 1.82) is 0 Å². The predicted molar refractivity (Wildman–Crippen MR) is 127 cm³/mol. The summed E-state index contributed by atoms with van der Waals surface area (Å²) in [6, 6.07) is 18.7. The van der Waals surface area contributed by atoms with Gasteiger partial charge in [0.1, 0.15) is 12.0 Å². The van der Waals surface area contributed by atoms with Gasteiger partial charge in [-0.05, 0) is 50.7 Å². The lowest BCUT2D eigenvalue weighted by Gasteiger charge is -2.25. The molecule has 33 heavy (non-hydrogen) atoms. The molecule has 0 heterocycles. The monoisotopic (exact) mass is 448 g/mol. The number of aliphatic hydroxyl groups is 2. The van der Waals surface area contributed by atoms with E-state index in [1.165, 1.54) is 21.5 Å². The Morgan fingerprint density at radius 1 is 0.848 bits per heavy atom. The zero-order valence-electron chi connectivity index (χ0n) is 18.7. The van der Waals surface area contributed by atoms with E-state index in [4.69, 9.17) is 9.47 Å². The minimum atomic E-state index is -1.30. The molecule has 0 unspecified atom stereocenters. The molecule has 0 aliphatic carbocycles. The van der Waals surface area contributed by atoms with E-state index < -0.39 is 24.6 Å². The standard InChI is InChI=1S/C27H28O6/c1-2-27(16-28,17-29)26(31)32-14-4-7-23(30)33-15-21-11-10-20-9-8-18-5-3-6-19-12-13-22(21)25(20)24(18)19/h3,5-6,8-13,28-29H,2,4,7,14-17H2,1H3. The highest BCUT2D eigenvalue weighted by molar-refractivity contribution is 6.23. The van der Waals surface area contributed by atoms with Gasteiger partial charge < -0.3 is 19.7 Å². The van der Waals surface area contributed by atoms with E-state index in [9.17, 15) is 19.8 Å². The lowest BCUT2D eigenvalue weighted by Crippen LogP contribution is -2.39. The summed E-state index contributed by atoms with van der Waals surface area (Å²) in [5, 5.41) is 25.8. The molecule has 2 N–H and O–H groups in total. The van der Waals surface area contributed by atoms with Gasteiger partial charge in [0.2, 0.25) is 0 Å². The van der Waals surface area contributed by atoms with Gasteiger partial charge in [-0.15, -0.1) is 0 Å². The molecule has 0 amide bonds. The number of benzene rings is 4. The van der Waals surface area contributed by atoms with E-state index >= 15 is 0 Å². The van der Waals surface area contributed by atoms with Crippen molar-refractivity contribution >= 4 is 44.3 Å². The van der Waals surface area contributed by atoms with Crippen molar-refractivity contribution in [3.05, 3.63) is 60.2 Å². The van der Waals surface area contributed by atoms with Crippen LogP contribution in [0, 0.1) is 5.41 Å². The summed E-state index contributed by atoms with van der Waals surface area (Å²) in [4.78, 5) is 24.4. The summed E-state index contributed by atoms with van der Waals surface area (Å²) in [5.74, 6) is -1.03. The minimum Gasteiger partial charge on any atom is -0.465 e. The molecule has 6 nitrogen and oxygen atoms in total. The summed E-state index contributed by atoms with van der Waals surface area (Å²) in [5.41, 5.74) is -0.352. The van der Waals surface area contributed by atoms with Crippen molar-refractivity contribution in [1.82, 2.24) is 0 Å². The molecule has 6 heteroatoms. The lowest BCUT2D eigenvalue weighted by atomic mass is 9.87. The van der Waals surface area contributed by atoms with E-state index in [1.807, 2.05) is 6.07 Å². The average molecular weight is 449 g/mol. The fourth-order valence-corrected chi connectivity index (χ4v) is 4.23. The van der Waals surface area contributed by atoms with Crippen molar-refractivity contribution < 1.29 is 29.3 Å². The molecular weight excluding hydrogens is 420 g/mol.